The van der Waals surface area contributed by atoms with Gasteiger partial charge < -0.3 is 25.5 Å². The molecule has 2 fully saturated rings. The summed E-state index contributed by atoms with van der Waals surface area (Å²) in [5.74, 6) is -5.25. The molecule has 4 heterocycles. The molecule has 0 saturated carbocycles. The zero-order chi connectivity index (χ0) is 49.0. The number of halogens is 2. The molecular formula is C49H51F2N9O8. The number of piperidine rings is 1. The molecule has 4 aromatic rings. The van der Waals surface area contributed by atoms with Gasteiger partial charge in [0.2, 0.25) is 30.0 Å². The van der Waals surface area contributed by atoms with Crippen LogP contribution in [-0.4, -0.2) is 118 Å². The summed E-state index contributed by atoms with van der Waals surface area (Å²) in [6, 6.07) is 11.6. The Kier molecular flexibility index (Phi) is 14.4. The Bertz CT molecular complexity index is 2760. The SMILES string of the molecule is C=CC(=O)N1CCN(C(=NC)c2cc(F)c(-c3c(O)cccc3F)nc2N(C=O)c2c(C)ccc(CNC(=O)CCCCNc3cccc4c3C(=O)N(C3CCC(=O)NC3=O)C4=O)c2C)C(C)C1. The molecule has 3 aliphatic rings. The molecule has 354 valence electrons. The predicted octanol–water partition coefficient (Wildman–Crippen LogP) is 5.04. The Hall–Kier alpha value is -7.83. The standard InChI is InChI=1S/C49H51F2N9O8/c1-6-40(65)57-21-22-58(28(3)25-57)45(52-5)32-23-34(51)43(42-33(50)12-10-14-37(42)62)56-46(32)59(26-61)44-27(2)16-17-30(29(44)4)24-54-38(63)15-7-8-20-53-35-13-9-11-31-41(35)49(68)60(48(31)67)36-18-19-39(64)55-47(36)66/h6,9-14,16-17,23,26,28,36,53,62H,1,7-8,15,18-22,24-25H2,2-5H3,(H,54,63)(H,55,64,66). The van der Waals surface area contributed by atoms with Crippen molar-refractivity contribution in [3.63, 3.8) is 0 Å². The molecule has 19 heteroatoms. The minimum Gasteiger partial charge on any atom is -0.507 e. The molecular weight excluding hydrogens is 881 g/mol. The number of hydrogen-bond acceptors (Lipinski definition) is 11. The number of hydrogen-bond donors (Lipinski definition) is 4. The van der Waals surface area contributed by atoms with Crippen LogP contribution in [0.1, 0.15) is 82.0 Å². The number of carbonyl (C=O) groups excluding carboxylic acids is 7. The van der Waals surface area contributed by atoms with Crippen LogP contribution < -0.4 is 20.9 Å². The maximum Gasteiger partial charge on any atom is 0.264 e. The van der Waals surface area contributed by atoms with Gasteiger partial charge in [-0.1, -0.05) is 30.8 Å². The number of phenolic OH excluding ortho intramolecular Hbond substituents is 1. The number of aromatic nitrogens is 1. The van der Waals surface area contributed by atoms with Crippen LogP contribution in [0.5, 0.6) is 5.75 Å². The van der Waals surface area contributed by atoms with E-state index in [1.807, 2.05) is 11.8 Å². The molecule has 2 unspecified atom stereocenters. The first-order valence-corrected chi connectivity index (χ1v) is 22.1. The largest absolute Gasteiger partial charge is 0.507 e. The number of nitrogens with one attached hydrogen (secondary N) is 3. The molecule has 3 aliphatic heterocycles. The van der Waals surface area contributed by atoms with Crippen LogP contribution in [-0.2, 0) is 30.5 Å². The van der Waals surface area contributed by atoms with Crippen LogP contribution in [0.25, 0.3) is 11.3 Å². The van der Waals surface area contributed by atoms with Gasteiger partial charge in [-0.25, -0.2) is 13.8 Å². The van der Waals surface area contributed by atoms with Gasteiger partial charge in [-0.3, -0.25) is 53.7 Å². The second kappa shape index (κ2) is 20.4. The lowest BCUT2D eigenvalue weighted by Gasteiger charge is -2.41. The van der Waals surface area contributed by atoms with Crippen molar-refractivity contribution >= 4 is 64.9 Å². The van der Waals surface area contributed by atoms with E-state index in [1.54, 1.807) is 43.0 Å². The molecule has 7 rings (SSSR count). The van der Waals surface area contributed by atoms with E-state index < -0.39 is 58.3 Å². The normalized spacial score (nSPS) is 17.2. The number of unbranched alkanes of at least 4 members (excludes halogenated alkanes) is 1. The van der Waals surface area contributed by atoms with Crippen LogP contribution in [0.4, 0.5) is 26.0 Å². The average molecular weight is 932 g/mol. The summed E-state index contributed by atoms with van der Waals surface area (Å²) >= 11 is 0. The Labute approximate surface area is 390 Å². The number of carbonyl (C=O) groups is 7. The van der Waals surface area contributed by atoms with Crippen LogP contribution in [0.3, 0.4) is 0 Å². The first-order chi connectivity index (χ1) is 32.6. The van der Waals surface area contributed by atoms with E-state index in [4.69, 9.17) is 0 Å². The molecule has 0 aliphatic carbocycles. The summed E-state index contributed by atoms with van der Waals surface area (Å²) in [5, 5.41) is 19.0. The van der Waals surface area contributed by atoms with Gasteiger partial charge in [0.25, 0.3) is 11.8 Å². The van der Waals surface area contributed by atoms with Crippen molar-refractivity contribution in [3.05, 3.63) is 112 Å². The van der Waals surface area contributed by atoms with Gasteiger partial charge in [0, 0.05) is 64.3 Å². The van der Waals surface area contributed by atoms with Gasteiger partial charge in [0.15, 0.2) is 11.6 Å². The molecule has 4 N–H and O–H groups in total. The lowest BCUT2D eigenvalue weighted by Crippen LogP contribution is -2.55. The molecule has 3 aromatic carbocycles. The van der Waals surface area contributed by atoms with Gasteiger partial charge in [0.1, 0.15) is 29.1 Å². The number of benzene rings is 3. The minimum atomic E-state index is -1.09. The average Bonchev–Trinajstić information content (AvgIpc) is 3.57. The van der Waals surface area contributed by atoms with Gasteiger partial charge in [-0.2, -0.15) is 0 Å². The summed E-state index contributed by atoms with van der Waals surface area (Å²) in [7, 11) is 1.50. The van der Waals surface area contributed by atoms with Gasteiger partial charge >= 0.3 is 0 Å². The van der Waals surface area contributed by atoms with Crippen LogP contribution in [0.15, 0.2) is 72.2 Å². The minimum absolute atomic E-state index is 0.00852. The zero-order valence-electron chi connectivity index (χ0n) is 38.0. The molecule has 0 bridgehead atoms. The molecule has 1 aromatic heterocycles. The molecule has 2 atom stereocenters. The number of fused-ring (bicyclic) bond motifs is 1. The lowest BCUT2D eigenvalue weighted by atomic mass is 10.00. The van der Waals surface area contributed by atoms with Crippen molar-refractivity contribution < 1.29 is 47.4 Å². The first-order valence-electron chi connectivity index (χ1n) is 22.1. The monoisotopic (exact) mass is 931 g/mol. The Morgan fingerprint density at radius 1 is 1.01 bits per heavy atom. The maximum absolute atomic E-state index is 16.3. The number of rotatable bonds is 15. The second-order valence-corrected chi connectivity index (χ2v) is 16.7. The lowest BCUT2D eigenvalue weighted by molar-refractivity contribution is -0.136. The van der Waals surface area contributed by atoms with E-state index in [2.05, 4.69) is 32.5 Å². The fourth-order valence-electron chi connectivity index (χ4n) is 8.98. The molecule has 0 radical (unpaired) electrons. The number of aryl methyl sites for hydroxylation is 1. The summed E-state index contributed by atoms with van der Waals surface area (Å²) < 4.78 is 31.6. The highest BCUT2D eigenvalue weighted by atomic mass is 19.1. The van der Waals surface area contributed by atoms with Crippen molar-refractivity contribution in [3.8, 4) is 17.0 Å². The first kappa shape index (κ1) is 48.1. The van der Waals surface area contributed by atoms with Crippen molar-refractivity contribution in [2.24, 2.45) is 4.99 Å². The number of pyridine rings is 1. The molecule has 68 heavy (non-hydrogen) atoms. The van der Waals surface area contributed by atoms with Crippen LogP contribution in [0.2, 0.25) is 0 Å². The van der Waals surface area contributed by atoms with Crippen molar-refractivity contribution in [2.75, 3.05) is 43.4 Å². The molecule has 7 amide bonds. The molecule has 2 saturated heterocycles. The Morgan fingerprint density at radius 3 is 2.47 bits per heavy atom. The van der Waals surface area contributed by atoms with Crippen LogP contribution in [0, 0.1) is 25.5 Å². The third-order valence-electron chi connectivity index (χ3n) is 12.4. The third kappa shape index (κ3) is 9.41. The quantitative estimate of drug-likeness (QED) is 0.0310. The maximum atomic E-state index is 16.3. The Morgan fingerprint density at radius 2 is 1.78 bits per heavy atom. The fourth-order valence-corrected chi connectivity index (χ4v) is 8.98. The van der Waals surface area contributed by atoms with Gasteiger partial charge in [-0.05, 0) is 93.1 Å². The molecule has 0 spiro atoms. The third-order valence-corrected chi connectivity index (χ3v) is 12.4. The van der Waals surface area contributed by atoms with E-state index in [9.17, 15) is 38.7 Å². The number of phenols is 1. The van der Waals surface area contributed by atoms with E-state index in [0.717, 1.165) is 17.0 Å². The summed E-state index contributed by atoms with van der Waals surface area (Å²) in [4.78, 5) is 105. The van der Waals surface area contributed by atoms with E-state index in [1.165, 1.54) is 36.2 Å². The number of anilines is 3. The number of nitrogens with zero attached hydrogens (tertiary/aromatic N) is 6. The van der Waals surface area contributed by atoms with Crippen molar-refractivity contribution in [1.82, 2.24) is 30.3 Å². The number of aromatic hydroxyl groups is 1. The summed E-state index contributed by atoms with van der Waals surface area (Å²) in [6.45, 7) is 10.3. The van der Waals surface area contributed by atoms with Crippen molar-refractivity contribution in [2.45, 2.75) is 71.5 Å². The van der Waals surface area contributed by atoms with E-state index >= 15 is 8.78 Å². The number of aliphatic imine (C=N–C) groups is 1. The number of piperazine rings is 1. The van der Waals surface area contributed by atoms with Crippen LogP contribution >= 0.6 is 0 Å². The highest BCUT2D eigenvalue weighted by molar-refractivity contribution is 6.25. The number of amides is 7. The van der Waals surface area contributed by atoms with E-state index in [-0.39, 0.29) is 72.0 Å². The highest BCUT2D eigenvalue weighted by Gasteiger charge is 2.45. The van der Waals surface area contributed by atoms with Gasteiger partial charge in [-0.15, -0.1) is 0 Å². The van der Waals surface area contributed by atoms with Crippen molar-refractivity contribution in [1.29, 1.82) is 0 Å². The van der Waals surface area contributed by atoms with Gasteiger partial charge in [0.05, 0.1) is 27.9 Å². The topological polar surface area (TPSA) is 214 Å². The Balaban J connectivity index is 1.06. The number of imide groups is 2. The number of amidine groups is 1. The fraction of sp³-hybridized carbons (Fsp3) is 0.327. The summed E-state index contributed by atoms with van der Waals surface area (Å²) in [6.07, 6.45) is 2.91. The smallest absolute Gasteiger partial charge is 0.264 e. The van der Waals surface area contributed by atoms with E-state index in [0.29, 0.717) is 73.5 Å². The zero-order valence-corrected chi connectivity index (χ0v) is 38.0. The summed E-state index contributed by atoms with van der Waals surface area (Å²) in [5.41, 5.74) is 1.94. The predicted molar refractivity (Wildman–Crippen MR) is 248 cm³/mol. The second-order valence-electron chi connectivity index (χ2n) is 16.7. The molecule has 17 nitrogen and oxygen atoms in total. The highest BCUT2D eigenvalue weighted by Crippen LogP contribution is 2.39.